The average Bonchev–Trinajstić information content (AvgIpc) is 3.18. The highest BCUT2D eigenvalue weighted by atomic mass is 16.2. The second-order valence-electron chi connectivity index (χ2n) is 5.86. The zero-order valence-electron chi connectivity index (χ0n) is 12.0. The van der Waals surface area contributed by atoms with Crippen molar-refractivity contribution in [1.82, 2.24) is 10.2 Å². The first-order valence-corrected chi connectivity index (χ1v) is 7.58. The maximum atomic E-state index is 12.6. The molecule has 5 nitrogen and oxygen atoms in total. The van der Waals surface area contributed by atoms with Crippen molar-refractivity contribution in [3.63, 3.8) is 0 Å². The summed E-state index contributed by atoms with van der Waals surface area (Å²) in [5.74, 6) is -0.182. The van der Waals surface area contributed by atoms with Gasteiger partial charge in [-0.3, -0.25) is 9.59 Å². The number of carbonyl (C=O) groups excluding carboxylic acids is 2. The third-order valence-electron chi connectivity index (χ3n) is 4.19. The van der Waals surface area contributed by atoms with E-state index >= 15 is 0 Å². The van der Waals surface area contributed by atoms with E-state index in [-0.39, 0.29) is 17.9 Å². The second kappa shape index (κ2) is 5.85. The van der Waals surface area contributed by atoms with Crippen LogP contribution < -0.4 is 11.1 Å². The van der Waals surface area contributed by atoms with Crippen LogP contribution in [0.4, 0.5) is 0 Å². The summed E-state index contributed by atoms with van der Waals surface area (Å²) in [6.45, 7) is 0.613. The number of likely N-dealkylation sites (tertiary alicyclic amines) is 1. The molecule has 5 heteroatoms. The van der Waals surface area contributed by atoms with Crippen molar-refractivity contribution >= 4 is 11.8 Å². The average molecular weight is 287 g/mol. The maximum absolute atomic E-state index is 12.6. The van der Waals surface area contributed by atoms with E-state index in [2.05, 4.69) is 5.32 Å². The molecule has 2 unspecified atom stereocenters. The molecule has 21 heavy (non-hydrogen) atoms. The lowest BCUT2D eigenvalue weighted by Crippen LogP contribution is -2.49. The minimum atomic E-state index is -0.694. The van der Waals surface area contributed by atoms with Gasteiger partial charge in [-0.1, -0.05) is 30.3 Å². The smallest absolute Gasteiger partial charge is 0.244 e. The molecule has 0 spiro atoms. The van der Waals surface area contributed by atoms with E-state index in [1.165, 1.54) is 0 Å². The molecule has 1 saturated carbocycles. The Bertz CT molecular complexity index is 528. The van der Waals surface area contributed by atoms with Crippen molar-refractivity contribution in [3.05, 3.63) is 35.9 Å². The summed E-state index contributed by atoms with van der Waals surface area (Å²) in [4.78, 5) is 26.5. The molecule has 1 aromatic rings. The van der Waals surface area contributed by atoms with Gasteiger partial charge in [-0.25, -0.2) is 0 Å². The highest BCUT2D eigenvalue weighted by molar-refractivity contribution is 5.91. The van der Waals surface area contributed by atoms with Crippen molar-refractivity contribution in [3.8, 4) is 0 Å². The van der Waals surface area contributed by atoms with Crippen LogP contribution in [0, 0.1) is 0 Å². The number of nitrogens with one attached hydrogen (secondary N) is 1. The Morgan fingerprint density at radius 3 is 2.57 bits per heavy atom. The van der Waals surface area contributed by atoms with Crippen LogP contribution in [0.25, 0.3) is 0 Å². The number of hydrogen-bond acceptors (Lipinski definition) is 3. The standard InChI is InChI=1S/C16H21N3O2/c17-14(11-5-2-1-3-6-11)16(21)19-10-4-7-13(19)15(20)18-12-8-9-12/h1-3,5-6,12-14H,4,7-10,17H2,(H,18,20). The molecular formula is C16H21N3O2. The fraction of sp³-hybridized carbons (Fsp3) is 0.500. The molecule has 0 radical (unpaired) electrons. The zero-order chi connectivity index (χ0) is 14.8. The summed E-state index contributed by atoms with van der Waals surface area (Å²) < 4.78 is 0. The van der Waals surface area contributed by atoms with Gasteiger partial charge in [-0.15, -0.1) is 0 Å². The largest absolute Gasteiger partial charge is 0.352 e. The van der Waals surface area contributed by atoms with Crippen LogP contribution in [0.1, 0.15) is 37.3 Å². The summed E-state index contributed by atoms with van der Waals surface area (Å²) in [5.41, 5.74) is 6.86. The Hall–Kier alpha value is -1.88. The van der Waals surface area contributed by atoms with Crippen LogP contribution in [0.5, 0.6) is 0 Å². The number of carbonyl (C=O) groups is 2. The lowest BCUT2D eigenvalue weighted by molar-refractivity contribution is -0.139. The molecule has 2 aliphatic rings. The molecule has 3 N–H and O–H groups in total. The molecule has 1 aliphatic carbocycles. The van der Waals surface area contributed by atoms with Gasteiger partial charge in [0.05, 0.1) is 0 Å². The van der Waals surface area contributed by atoms with Gasteiger partial charge in [0.1, 0.15) is 12.1 Å². The first kappa shape index (κ1) is 14.1. The summed E-state index contributed by atoms with van der Waals surface area (Å²) in [5, 5.41) is 2.99. The molecule has 1 heterocycles. The second-order valence-corrected chi connectivity index (χ2v) is 5.86. The van der Waals surface area contributed by atoms with Crippen molar-refractivity contribution in [1.29, 1.82) is 0 Å². The predicted molar refractivity (Wildman–Crippen MR) is 79.3 cm³/mol. The van der Waals surface area contributed by atoms with Crippen LogP contribution in [-0.4, -0.2) is 35.3 Å². The summed E-state index contributed by atoms with van der Waals surface area (Å²) in [7, 11) is 0. The van der Waals surface area contributed by atoms with Gasteiger partial charge in [0.2, 0.25) is 11.8 Å². The van der Waals surface area contributed by atoms with E-state index in [9.17, 15) is 9.59 Å². The van der Waals surface area contributed by atoms with E-state index < -0.39 is 6.04 Å². The van der Waals surface area contributed by atoms with Gasteiger partial charge in [0.15, 0.2) is 0 Å². The lowest BCUT2D eigenvalue weighted by Gasteiger charge is -2.26. The molecular weight excluding hydrogens is 266 g/mol. The van der Waals surface area contributed by atoms with Crippen LogP contribution in [0.3, 0.4) is 0 Å². The Morgan fingerprint density at radius 2 is 1.90 bits per heavy atom. The third kappa shape index (κ3) is 3.08. The summed E-state index contributed by atoms with van der Waals surface area (Å²) in [6.07, 6.45) is 3.69. The van der Waals surface area contributed by atoms with Gasteiger partial charge < -0.3 is 16.0 Å². The molecule has 0 bridgehead atoms. The fourth-order valence-electron chi connectivity index (χ4n) is 2.81. The molecule has 2 fully saturated rings. The Kier molecular flexibility index (Phi) is 3.92. The van der Waals surface area contributed by atoms with Crippen LogP contribution in [0.2, 0.25) is 0 Å². The highest BCUT2D eigenvalue weighted by Crippen LogP contribution is 2.24. The molecule has 3 rings (SSSR count). The zero-order valence-corrected chi connectivity index (χ0v) is 12.0. The van der Waals surface area contributed by atoms with Gasteiger partial charge in [-0.05, 0) is 31.2 Å². The highest BCUT2D eigenvalue weighted by Gasteiger charge is 2.38. The van der Waals surface area contributed by atoms with Crippen molar-refractivity contribution < 1.29 is 9.59 Å². The number of hydrogen-bond donors (Lipinski definition) is 2. The van der Waals surface area contributed by atoms with Gasteiger partial charge in [0.25, 0.3) is 0 Å². The fourth-order valence-corrected chi connectivity index (χ4v) is 2.81. The maximum Gasteiger partial charge on any atom is 0.244 e. The summed E-state index contributed by atoms with van der Waals surface area (Å²) >= 11 is 0. The number of amides is 2. The van der Waals surface area contributed by atoms with E-state index in [4.69, 9.17) is 5.73 Å². The number of nitrogens with zero attached hydrogens (tertiary/aromatic N) is 1. The topological polar surface area (TPSA) is 75.4 Å². The SMILES string of the molecule is NC(C(=O)N1CCCC1C(=O)NC1CC1)c1ccccc1. The quantitative estimate of drug-likeness (QED) is 0.866. The molecule has 1 saturated heterocycles. The number of nitrogens with two attached hydrogens (primary N) is 1. The van der Waals surface area contributed by atoms with E-state index in [1.807, 2.05) is 30.3 Å². The molecule has 1 aliphatic heterocycles. The van der Waals surface area contributed by atoms with E-state index in [1.54, 1.807) is 4.90 Å². The Morgan fingerprint density at radius 1 is 1.19 bits per heavy atom. The van der Waals surface area contributed by atoms with Crippen molar-refractivity contribution in [2.75, 3.05) is 6.54 Å². The van der Waals surface area contributed by atoms with E-state index in [0.717, 1.165) is 31.2 Å². The minimum absolute atomic E-state index is 0.0244. The van der Waals surface area contributed by atoms with Gasteiger partial charge >= 0.3 is 0 Å². The monoisotopic (exact) mass is 287 g/mol. The van der Waals surface area contributed by atoms with Crippen molar-refractivity contribution in [2.45, 2.75) is 43.8 Å². The molecule has 2 atom stereocenters. The first-order valence-electron chi connectivity index (χ1n) is 7.58. The lowest BCUT2D eigenvalue weighted by atomic mass is 10.1. The molecule has 112 valence electrons. The Labute approximate surface area is 124 Å². The number of benzene rings is 1. The van der Waals surface area contributed by atoms with Gasteiger partial charge in [0, 0.05) is 12.6 Å². The Balaban J connectivity index is 1.69. The number of rotatable bonds is 4. The summed E-state index contributed by atoms with van der Waals surface area (Å²) in [6, 6.07) is 8.58. The normalized spacial score (nSPS) is 22.9. The first-order chi connectivity index (χ1) is 10.2. The predicted octanol–water partition coefficient (Wildman–Crippen LogP) is 0.956. The molecule has 2 amide bonds. The van der Waals surface area contributed by atoms with Crippen LogP contribution in [0.15, 0.2) is 30.3 Å². The minimum Gasteiger partial charge on any atom is -0.352 e. The van der Waals surface area contributed by atoms with Gasteiger partial charge in [-0.2, -0.15) is 0 Å². The van der Waals surface area contributed by atoms with Crippen molar-refractivity contribution in [2.24, 2.45) is 5.73 Å². The van der Waals surface area contributed by atoms with Crippen LogP contribution in [-0.2, 0) is 9.59 Å². The third-order valence-corrected chi connectivity index (χ3v) is 4.19. The van der Waals surface area contributed by atoms with Crippen LogP contribution >= 0.6 is 0 Å². The van der Waals surface area contributed by atoms with E-state index in [0.29, 0.717) is 12.6 Å². The molecule has 1 aromatic carbocycles. The molecule has 0 aromatic heterocycles.